The number of ether oxygens (including phenoxy) is 1. The quantitative estimate of drug-likeness (QED) is 0.392. The van der Waals surface area contributed by atoms with Gasteiger partial charge in [-0.2, -0.15) is 0 Å². The molecular weight excluding hydrogens is 464 g/mol. The lowest BCUT2D eigenvalue weighted by Gasteiger charge is -2.12. The molecule has 156 valence electrons. The van der Waals surface area contributed by atoms with Gasteiger partial charge in [-0.25, -0.2) is 0 Å². The zero-order valence-electron chi connectivity index (χ0n) is 17.2. The Morgan fingerprint density at radius 3 is 2.50 bits per heavy atom. The van der Waals surface area contributed by atoms with Crippen molar-refractivity contribution in [2.45, 2.75) is 27.3 Å². The van der Waals surface area contributed by atoms with Crippen LogP contribution in [0.3, 0.4) is 0 Å². The molecule has 0 aromatic heterocycles. The monoisotopic (exact) mass is 486 g/mol. The first-order chi connectivity index (χ1) is 14.3. The standard InChI is InChI=1S/C24H24BrClN2O2/c1-15-4-8-22(17(3)10-15)28-24(29)14-30-23-9-6-18(11-20(23)25)13-27-19-7-5-16(2)21(26)12-19/h4-12,27H,13-14H2,1-3H3,(H,28,29). The summed E-state index contributed by atoms with van der Waals surface area (Å²) in [5.74, 6) is 0.420. The lowest BCUT2D eigenvalue weighted by atomic mass is 10.1. The SMILES string of the molecule is Cc1ccc(NC(=O)COc2ccc(CNc3ccc(C)c(Cl)c3)cc2Br)c(C)c1. The van der Waals surface area contributed by atoms with Crippen LogP contribution in [-0.4, -0.2) is 12.5 Å². The molecular formula is C24H24BrClN2O2. The summed E-state index contributed by atoms with van der Waals surface area (Å²) in [5.41, 5.74) is 6.07. The number of hydrogen-bond acceptors (Lipinski definition) is 3. The van der Waals surface area contributed by atoms with Gasteiger partial charge in [-0.15, -0.1) is 0 Å². The van der Waals surface area contributed by atoms with E-state index in [1.807, 2.05) is 75.4 Å². The van der Waals surface area contributed by atoms with Crippen molar-refractivity contribution in [2.24, 2.45) is 0 Å². The number of nitrogens with one attached hydrogen (secondary N) is 2. The zero-order valence-corrected chi connectivity index (χ0v) is 19.5. The molecule has 2 N–H and O–H groups in total. The Hall–Kier alpha value is -2.50. The fourth-order valence-corrected chi connectivity index (χ4v) is 3.68. The van der Waals surface area contributed by atoms with E-state index in [9.17, 15) is 4.79 Å². The highest BCUT2D eigenvalue weighted by atomic mass is 79.9. The maximum Gasteiger partial charge on any atom is 0.262 e. The molecule has 0 radical (unpaired) electrons. The fourth-order valence-electron chi connectivity index (χ4n) is 2.96. The predicted octanol–water partition coefficient (Wildman–Crippen LogP) is 6.66. The summed E-state index contributed by atoms with van der Waals surface area (Å²) >= 11 is 9.70. The number of rotatable bonds is 7. The number of hydrogen-bond donors (Lipinski definition) is 2. The van der Waals surface area contributed by atoms with E-state index in [-0.39, 0.29) is 12.5 Å². The topological polar surface area (TPSA) is 50.4 Å². The van der Waals surface area contributed by atoms with E-state index in [1.54, 1.807) is 0 Å². The van der Waals surface area contributed by atoms with Crippen molar-refractivity contribution in [2.75, 3.05) is 17.2 Å². The molecule has 6 heteroatoms. The Morgan fingerprint density at radius 1 is 1.00 bits per heavy atom. The number of halogens is 2. The Balaban J connectivity index is 1.54. The Morgan fingerprint density at radius 2 is 1.80 bits per heavy atom. The number of benzene rings is 3. The number of amides is 1. The van der Waals surface area contributed by atoms with Crippen LogP contribution in [0.1, 0.15) is 22.3 Å². The summed E-state index contributed by atoms with van der Waals surface area (Å²) in [5, 5.41) is 6.98. The Kier molecular flexibility index (Phi) is 7.40. The molecule has 0 fully saturated rings. The van der Waals surface area contributed by atoms with Gasteiger partial charge in [0.2, 0.25) is 0 Å². The summed E-state index contributed by atoms with van der Waals surface area (Å²) < 4.78 is 6.48. The first kappa shape index (κ1) is 22.2. The Bertz CT molecular complexity index is 1070. The maximum absolute atomic E-state index is 12.2. The molecule has 30 heavy (non-hydrogen) atoms. The lowest BCUT2D eigenvalue weighted by molar-refractivity contribution is -0.118. The number of anilines is 2. The number of aryl methyl sites for hydroxylation is 3. The van der Waals surface area contributed by atoms with E-state index in [2.05, 4.69) is 26.6 Å². The normalized spacial score (nSPS) is 10.6. The second kappa shape index (κ2) is 10.0. The van der Waals surface area contributed by atoms with E-state index in [0.717, 1.165) is 43.1 Å². The van der Waals surface area contributed by atoms with Gasteiger partial charge in [-0.1, -0.05) is 41.4 Å². The summed E-state index contributed by atoms with van der Waals surface area (Å²) in [6.45, 7) is 6.55. The van der Waals surface area contributed by atoms with Crippen molar-refractivity contribution in [1.82, 2.24) is 0 Å². The molecule has 4 nitrogen and oxygen atoms in total. The van der Waals surface area contributed by atoms with E-state index < -0.39 is 0 Å². The number of carbonyl (C=O) groups excluding carboxylic acids is 1. The van der Waals surface area contributed by atoms with Gasteiger partial charge in [0.15, 0.2) is 6.61 Å². The van der Waals surface area contributed by atoms with Gasteiger partial charge >= 0.3 is 0 Å². The zero-order chi connectivity index (χ0) is 21.7. The summed E-state index contributed by atoms with van der Waals surface area (Å²) in [6, 6.07) is 17.6. The molecule has 0 aliphatic heterocycles. The van der Waals surface area contributed by atoms with Crippen LogP contribution in [0.5, 0.6) is 5.75 Å². The molecule has 0 spiro atoms. The fraction of sp³-hybridized carbons (Fsp3) is 0.208. The second-order valence-electron chi connectivity index (χ2n) is 7.24. The minimum atomic E-state index is -0.198. The second-order valence-corrected chi connectivity index (χ2v) is 8.50. The van der Waals surface area contributed by atoms with Gasteiger partial charge in [0.25, 0.3) is 5.91 Å². The van der Waals surface area contributed by atoms with E-state index in [1.165, 1.54) is 0 Å². The van der Waals surface area contributed by atoms with Crippen LogP contribution in [0, 0.1) is 20.8 Å². The molecule has 0 aliphatic rings. The van der Waals surface area contributed by atoms with Gasteiger partial charge in [-0.05, 0) is 83.7 Å². The lowest BCUT2D eigenvalue weighted by Crippen LogP contribution is -2.20. The third-order valence-corrected chi connectivity index (χ3v) is 5.71. The van der Waals surface area contributed by atoms with Crippen molar-refractivity contribution in [1.29, 1.82) is 0 Å². The number of carbonyl (C=O) groups is 1. The van der Waals surface area contributed by atoms with Crippen molar-refractivity contribution in [3.8, 4) is 5.75 Å². The highest BCUT2D eigenvalue weighted by Crippen LogP contribution is 2.27. The van der Waals surface area contributed by atoms with Crippen LogP contribution in [0.4, 0.5) is 11.4 Å². The molecule has 0 saturated carbocycles. The molecule has 3 aromatic rings. The third-order valence-electron chi connectivity index (χ3n) is 4.68. The average molecular weight is 488 g/mol. The molecule has 3 aromatic carbocycles. The van der Waals surface area contributed by atoms with Crippen LogP contribution in [0.25, 0.3) is 0 Å². The molecule has 0 saturated heterocycles. The van der Waals surface area contributed by atoms with Crippen molar-refractivity contribution in [3.05, 3.63) is 86.3 Å². The van der Waals surface area contributed by atoms with E-state index in [0.29, 0.717) is 12.3 Å². The summed E-state index contributed by atoms with van der Waals surface area (Å²) in [4.78, 5) is 12.2. The van der Waals surface area contributed by atoms with Crippen molar-refractivity contribution >= 4 is 44.8 Å². The summed E-state index contributed by atoms with van der Waals surface area (Å²) in [6.07, 6.45) is 0. The predicted molar refractivity (Wildman–Crippen MR) is 128 cm³/mol. The summed E-state index contributed by atoms with van der Waals surface area (Å²) in [7, 11) is 0. The van der Waals surface area contributed by atoms with E-state index >= 15 is 0 Å². The largest absolute Gasteiger partial charge is 0.483 e. The van der Waals surface area contributed by atoms with Gasteiger partial charge in [0.1, 0.15) is 5.75 Å². The van der Waals surface area contributed by atoms with Gasteiger partial charge in [-0.3, -0.25) is 4.79 Å². The first-order valence-electron chi connectivity index (χ1n) is 9.60. The van der Waals surface area contributed by atoms with Gasteiger partial charge in [0.05, 0.1) is 4.47 Å². The first-order valence-corrected chi connectivity index (χ1v) is 10.8. The highest BCUT2D eigenvalue weighted by molar-refractivity contribution is 9.10. The highest BCUT2D eigenvalue weighted by Gasteiger charge is 2.09. The minimum Gasteiger partial charge on any atom is -0.483 e. The molecule has 0 heterocycles. The van der Waals surface area contributed by atoms with Crippen LogP contribution in [0.2, 0.25) is 5.02 Å². The minimum absolute atomic E-state index is 0.0641. The smallest absolute Gasteiger partial charge is 0.262 e. The molecule has 0 aliphatic carbocycles. The molecule has 1 amide bonds. The van der Waals surface area contributed by atoms with Crippen molar-refractivity contribution < 1.29 is 9.53 Å². The van der Waals surface area contributed by atoms with Crippen LogP contribution >= 0.6 is 27.5 Å². The van der Waals surface area contributed by atoms with Crippen LogP contribution in [0.15, 0.2) is 59.1 Å². The third kappa shape index (κ3) is 6.00. The maximum atomic E-state index is 12.2. The van der Waals surface area contributed by atoms with Crippen LogP contribution < -0.4 is 15.4 Å². The molecule has 3 rings (SSSR count). The van der Waals surface area contributed by atoms with Crippen LogP contribution in [-0.2, 0) is 11.3 Å². The molecule has 0 bridgehead atoms. The van der Waals surface area contributed by atoms with Crippen molar-refractivity contribution in [3.63, 3.8) is 0 Å². The van der Waals surface area contributed by atoms with Gasteiger partial charge < -0.3 is 15.4 Å². The molecule has 0 atom stereocenters. The molecule has 0 unspecified atom stereocenters. The average Bonchev–Trinajstić information content (AvgIpc) is 2.70. The van der Waals surface area contributed by atoms with E-state index in [4.69, 9.17) is 16.3 Å². The Labute approximate surface area is 190 Å². The van der Waals surface area contributed by atoms with Gasteiger partial charge in [0, 0.05) is 22.9 Å².